The SMILES string of the molecule is CC/C=C\C/C=C\CCCCC(=O)OCC(COC(=O)CCCCCCCCCCCC/C=C\C=C/CCCCC)OC(=O)CCCCC/C=C\C=C/CCCCCCCCC. The molecule has 6 heteroatoms. The third-order valence-corrected chi connectivity index (χ3v) is 11.0. The van der Waals surface area contributed by atoms with Crippen molar-refractivity contribution in [3.8, 4) is 0 Å². The summed E-state index contributed by atoms with van der Waals surface area (Å²) in [6, 6.07) is 0. The highest BCUT2D eigenvalue weighted by Gasteiger charge is 2.19. The molecule has 0 aromatic carbocycles. The highest BCUT2D eigenvalue weighted by Crippen LogP contribution is 2.14. The van der Waals surface area contributed by atoms with E-state index in [1.165, 1.54) is 122 Å². The van der Waals surface area contributed by atoms with Gasteiger partial charge in [0, 0.05) is 19.3 Å². The number of unbranched alkanes of at least 4 members (excludes halogenated alkanes) is 25. The molecule has 0 amide bonds. The van der Waals surface area contributed by atoms with E-state index >= 15 is 0 Å². The fourth-order valence-corrected chi connectivity index (χ4v) is 7.05. The number of hydrogen-bond donors (Lipinski definition) is 0. The van der Waals surface area contributed by atoms with E-state index in [4.69, 9.17) is 14.2 Å². The van der Waals surface area contributed by atoms with Crippen LogP contribution in [0, 0.1) is 0 Å². The molecule has 0 radical (unpaired) electrons. The Bertz CT molecular complexity index is 1180. The summed E-state index contributed by atoms with van der Waals surface area (Å²) < 4.78 is 16.7. The second kappa shape index (κ2) is 50.5. The number of carbonyl (C=O) groups excluding carboxylic acids is 3. The summed E-state index contributed by atoms with van der Waals surface area (Å²) >= 11 is 0. The molecule has 0 aromatic heterocycles. The van der Waals surface area contributed by atoms with Gasteiger partial charge in [0.2, 0.25) is 0 Å². The minimum atomic E-state index is -0.802. The van der Waals surface area contributed by atoms with Crippen molar-refractivity contribution in [2.24, 2.45) is 0 Å². The molecule has 0 aliphatic rings. The van der Waals surface area contributed by atoms with Crippen molar-refractivity contribution in [2.45, 2.75) is 252 Å². The van der Waals surface area contributed by atoms with Gasteiger partial charge >= 0.3 is 17.9 Å². The van der Waals surface area contributed by atoms with Crippen LogP contribution in [0.3, 0.4) is 0 Å². The molecule has 0 heterocycles. The molecule has 0 saturated heterocycles. The number of hydrogen-bond acceptors (Lipinski definition) is 6. The first-order valence-electron chi connectivity index (χ1n) is 26.0. The van der Waals surface area contributed by atoms with Crippen LogP contribution in [0.25, 0.3) is 0 Å². The van der Waals surface area contributed by atoms with E-state index in [2.05, 4.69) is 93.7 Å². The summed E-state index contributed by atoms with van der Waals surface area (Å²) in [7, 11) is 0. The Labute approximate surface area is 382 Å². The predicted octanol–water partition coefficient (Wildman–Crippen LogP) is 17.0. The minimum Gasteiger partial charge on any atom is -0.462 e. The molecule has 0 aliphatic heterocycles. The lowest BCUT2D eigenvalue weighted by Gasteiger charge is -2.18. The molecular formula is C56H96O6. The van der Waals surface area contributed by atoms with E-state index in [-0.39, 0.29) is 37.5 Å². The number of carbonyl (C=O) groups is 3. The maximum Gasteiger partial charge on any atom is 0.306 e. The van der Waals surface area contributed by atoms with Crippen molar-refractivity contribution in [3.05, 3.63) is 72.9 Å². The lowest BCUT2D eigenvalue weighted by Crippen LogP contribution is -2.30. The fraction of sp³-hybridized carbons (Fsp3) is 0.732. The second-order valence-electron chi connectivity index (χ2n) is 17.1. The number of esters is 3. The van der Waals surface area contributed by atoms with Crippen LogP contribution >= 0.6 is 0 Å². The van der Waals surface area contributed by atoms with E-state index in [0.29, 0.717) is 12.8 Å². The molecule has 0 fully saturated rings. The molecule has 0 bridgehead atoms. The molecule has 0 aliphatic carbocycles. The first-order valence-corrected chi connectivity index (χ1v) is 26.0. The summed E-state index contributed by atoms with van der Waals surface area (Å²) in [4.78, 5) is 37.9. The smallest absolute Gasteiger partial charge is 0.306 e. The average Bonchev–Trinajstić information content (AvgIpc) is 3.27. The standard InChI is InChI=1S/C56H96O6/c1-4-7-10-13-16-19-21-23-25-27-28-29-31-32-34-37-40-43-46-49-55(58)61-52-53(51-60-54(57)48-45-42-39-36-18-15-12-9-6-3)62-56(59)50-47-44-41-38-35-33-30-26-24-22-20-17-14-11-8-5-2/h9,12,16,18-19,21,23,26,30,33,35-36,53H,4-8,10-11,13-15,17,20,22,24-25,27-29,31-32,34,37-52H2,1-3H3/b12-9-,19-16-,23-21-,30-26-,35-33-,36-18-. The summed E-state index contributed by atoms with van der Waals surface area (Å²) in [6.45, 7) is 6.43. The third kappa shape index (κ3) is 47.9. The fourth-order valence-electron chi connectivity index (χ4n) is 7.05. The van der Waals surface area contributed by atoms with Gasteiger partial charge in [-0.25, -0.2) is 0 Å². The zero-order chi connectivity index (χ0) is 45.1. The first kappa shape index (κ1) is 58.9. The Kier molecular flexibility index (Phi) is 47.9. The zero-order valence-electron chi connectivity index (χ0n) is 40.6. The second-order valence-corrected chi connectivity index (χ2v) is 17.1. The number of allylic oxidation sites excluding steroid dienone is 12. The number of rotatable bonds is 46. The minimum absolute atomic E-state index is 0.0984. The predicted molar refractivity (Wildman–Crippen MR) is 265 cm³/mol. The third-order valence-electron chi connectivity index (χ3n) is 11.0. The van der Waals surface area contributed by atoms with E-state index in [1.807, 2.05) is 0 Å². The van der Waals surface area contributed by atoms with Crippen LogP contribution in [0.2, 0.25) is 0 Å². The van der Waals surface area contributed by atoms with E-state index in [9.17, 15) is 14.4 Å². The quantitative estimate of drug-likeness (QED) is 0.0199. The van der Waals surface area contributed by atoms with Crippen LogP contribution in [0.5, 0.6) is 0 Å². The summed E-state index contributed by atoms with van der Waals surface area (Å²) in [5, 5.41) is 0. The normalized spacial score (nSPS) is 12.6. The van der Waals surface area contributed by atoms with Crippen molar-refractivity contribution < 1.29 is 28.6 Å². The molecule has 1 atom stereocenters. The monoisotopic (exact) mass is 865 g/mol. The highest BCUT2D eigenvalue weighted by atomic mass is 16.6. The zero-order valence-corrected chi connectivity index (χ0v) is 40.6. The molecule has 0 aromatic rings. The molecule has 0 rings (SSSR count). The topological polar surface area (TPSA) is 78.9 Å². The van der Waals surface area contributed by atoms with Crippen molar-refractivity contribution in [3.63, 3.8) is 0 Å². The van der Waals surface area contributed by atoms with Gasteiger partial charge in [-0.2, -0.15) is 0 Å². The van der Waals surface area contributed by atoms with Gasteiger partial charge < -0.3 is 14.2 Å². The van der Waals surface area contributed by atoms with Gasteiger partial charge in [0.05, 0.1) is 0 Å². The molecule has 6 nitrogen and oxygen atoms in total. The molecule has 356 valence electrons. The van der Waals surface area contributed by atoms with E-state index in [1.54, 1.807) is 0 Å². The van der Waals surface area contributed by atoms with Gasteiger partial charge in [-0.05, 0) is 96.3 Å². The Morgan fingerprint density at radius 3 is 1.15 bits per heavy atom. The highest BCUT2D eigenvalue weighted by molar-refractivity contribution is 5.71. The lowest BCUT2D eigenvalue weighted by molar-refractivity contribution is -0.167. The van der Waals surface area contributed by atoms with Gasteiger partial charge in [0.25, 0.3) is 0 Å². The summed E-state index contributed by atoms with van der Waals surface area (Å²) in [5.41, 5.74) is 0. The Morgan fingerprint density at radius 1 is 0.355 bits per heavy atom. The van der Waals surface area contributed by atoms with E-state index < -0.39 is 6.10 Å². The Morgan fingerprint density at radius 2 is 0.677 bits per heavy atom. The Balaban J connectivity index is 4.36. The van der Waals surface area contributed by atoms with Crippen molar-refractivity contribution in [1.29, 1.82) is 0 Å². The molecule has 1 unspecified atom stereocenters. The lowest BCUT2D eigenvalue weighted by atomic mass is 10.1. The molecule has 0 saturated carbocycles. The van der Waals surface area contributed by atoms with E-state index in [0.717, 1.165) is 83.5 Å². The van der Waals surface area contributed by atoms with Crippen LogP contribution in [0.1, 0.15) is 245 Å². The van der Waals surface area contributed by atoms with Crippen LogP contribution in [-0.2, 0) is 28.6 Å². The van der Waals surface area contributed by atoms with Crippen molar-refractivity contribution in [1.82, 2.24) is 0 Å². The molecule has 0 spiro atoms. The molecule has 62 heavy (non-hydrogen) atoms. The van der Waals surface area contributed by atoms with Gasteiger partial charge in [0.15, 0.2) is 6.10 Å². The number of ether oxygens (including phenoxy) is 3. The average molecular weight is 865 g/mol. The van der Waals surface area contributed by atoms with Crippen LogP contribution in [0.4, 0.5) is 0 Å². The largest absolute Gasteiger partial charge is 0.462 e. The van der Waals surface area contributed by atoms with Crippen LogP contribution < -0.4 is 0 Å². The summed E-state index contributed by atoms with van der Waals surface area (Å²) in [5.74, 6) is -0.966. The Hall–Kier alpha value is -3.15. The van der Waals surface area contributed by atoms with Crippen molar-refractivity contribution >= 4 is 17.9 Å². The van der Waals surface area contributed by atoms with Gasteiger partial charge in [0.1, 0.15) is 13.2 Å². The first-order chi connectivity index (χ1) is 30.5. The van der Waals surface area contributed by atoms with Gasteiger partial charge in [-0.3, -0.25) is 14.4 Å². The maximum atomic E-state index is 12.8. The molecular weight excluding hydrogens is 769 g/mol. The maximum absolute atomic E-state index is 12.8. The van der Waals surface area contributed by atoms with Gasteiger partial charge in [-0.1, -0.05) is 203 Å². The summed E-state index contributed by atoms with van der Waals surface area (Å²) in [6.07, 6.45) is 63.3. The van der Waals surface area contributed by atoms with Gasteiger partial charge in [-0.15, -0.1) is 0 Å². The van der Waals surface area contributed by atoms with Crippen molar-refractivity contribution in [2.75, 3.05) is 13.2 Å². The van der Waals surface area contributed by atoms with Crippen LogP contribution in [0.15, 0.2) is 72.9 Å². The van der Waals surface area contributed by atoms with Crippen LogP contribution in [-0.4, -0.2) is 37.2 Å². The molecule has 0 N–H and O–H groups in total.